The predicted octanol–water partition coefficient (Wildman–Crippen LogP) is 3.18. The van der Waals surface area contributed by atoms with Crippen molar-refractivity contribution in [2.24, 2.45) is 5.92 Å². The van der Waals surface area contributed by atoms with Crippen LogP contribution in [-0.2, 0) is 4.79 Å². The van der Waals surface area contributed by atoms with Gasteiger partial charge in [0.2, 0.25) is 5.91 Å². The molecule has 0 fully saturated rings. The van der Waals surface area contributed by atoms with Crippen LogP contribution in [0.25, 0.3) is 10.8 Å². The number of aromatic nitrogens is 2. The highest BCUT2D eigenvalue weighted by molar-refractivity contribution is 6.23. The second-order valence-corrected chi connectivity index (χ2v) is 10.1. The smallest absolute Gasteiger partial charge is 0.264 e. The number of aromatic amines is 1. The van der Waals surface area contributed by atoms with Gasteiger partial charge in [-0.3, -0.25) is 24.1 Å². The van der Waals surface area contributed by atoms with Crippen LogP contribution in [0.3, 0.4) is 0 Å². The Morgan fingerprint density at radius 1 is 0.946 bits per heavy atom. The predicted molar refractivity (Wildman–Crippen MR) is 141 cm³/mol. The Labute approximate surface area is 215 Å². The molecule has 1 aliphatic rings. The third kappa shape index (κ3) is 5.94. The summed E-state index contributed by atoms with van der Waals surface area (Å²) in [7, 11) is 0. The van der Waals surface area contributed by atoms with Crippen LogP contribution in [0, 0.1) is 5.92 Å². The fourth-order valence-electron chi connectivity index (χ4n) is 4.64. The van der Waals surface area contributed by atoms with Gasteiger partial charge in [0, 0.05) is 18.7 Å². The van der Waals surface area contributed by atoms with Crippen molar-refractivity contribution in [3.63, 3.8) is 0 Å². The van der Waals surface area contributed by atoms with E-state index in [0.717, 1.165) is 10.8 Å². The summed E-state index contributed by atoms with van der Waals surface area (Å²) in [5, 5.41) is 14.6. The molecule has 37 heavy (non-hydrogen) atoms. The highest BCUT2D eigenvalue weighted by Gasteiger charge is 2.36. The van der Waals surface area contributed by atoms with Crippen molar-refractivity contribution in [3.8, 4) is 0 Å². The third-order valence-corrected chi connectivity index (χ3v) is 6.64. The maximum absolute atomic E-state index is 13.1. The molecule has 0 aliphatic carbocycles. The van der Waals surface area contributed by atoms with E-state index < -0.39 is 6.04 Å². The monoisotopic (exact) mass is 503 g/mol. The van der Waals surface area contributed by atoms with Crippen molar-refractivity contribution in [2.45, 2.75) is 58.7 Å². The SMILES string of the molecule is CC(C)C[C@H](N[C@H](C)CCN1C(=O)c2cc3ccccc3cc2C1=O)C(=O)NC(C)c1ccc(=O)[nH]n1. The van der Waals surface area contributed by atoms with E-state index in [0.29, 0.717) is 29.7 Å². The number of amides is 3. The van der Waals surface area contributed by atoms with Gasteiger partial charge < -0.3 is 10.6 Å². The third-order valence-electron chi connectivity index (χ3n) is 6.64. The van der Waals surface area contributed by atoms with Crippen LogP contribution >= 0.6 is 0 Å². The van der Waals surface area contributed by atoms with Crippen molar-refractivity contribution >= 4 is 28.5 Å². The van der Waals surface area contributed by atoms with Gasteiger partial charge in [0.15, 0.2) is 0 Å². The fourth-order valence-corrected chi connectivity index (χ4v) is 4.64. The van der Waals surface area contributed by atoms with Gasteiger partial charge in [0.25, 0.3) is 17.4 Å². The molecule has 0 saturated heterocycles. The van der Waals surface area contributed by atoms with Crippen molar-refractivity contribution < 1.29 is 14.4 Å². The van der Waals surface area contributed by atoms with Gasteiger partial charge in [-0.1, -0.05) is 38.1 Å². The molecule has 1 aromatic heterocycles. The van der Waals surface area contributed by atoms with Crippen LogP contribution in [0.1, 0.15) is 73.0 Å². The van der Waals surface area contributed by atoms with Gasteiger partial charge in [-0.15, -0.1) is 0 Å². The first-order chi connectivity index (χ1) is 17.6. The highest BCUT2D eigenvalue weighted by atomic mass is 16.2. The second kappa shape index (κ2) is 11.0. The molecule has 0 spiro atoms. The molecule has 2 heterocycles. The molecule has 9 nitrogen and oxygen atoms in total. The summed E-state index contributed by atoms with van der Waals surface area (Å²) < 4.78 is 0. The molecule has 3 aromatic rings. The minimum atomic E-state index is -0.465. The summed E-state index contributed by atoms with van der Waals surface area (Å²) in [4.78, 5) is 51.7. The van der Waals surface area contributed by atoms with Gasteiger partial charge in [0.1, 0.15) is 0 Å². The van der Waals surface area contributed by atoms with E-state index in [9.17, 15) is 19.2 Å². The lowest BCUT2D eigenvalue weighted by Crippen LogP contribution is -2.49. The van der Waals surface area contributed by atoms with Gasteiger partial charge >= 0.3 is 0 Å². The molecular formula is C28H33N5O4. The molecule has 3 amide bonds. The molecule has 194 valence electrons. The number of carbonyl (C=O) groups excluding carboxylic acids is 3. The Kier molecular flexibility index (Phi) is 7.83. The van der Waals surface area contributed by atoms with Crippen molar-refractivity contribution in [2.75, 3.05) is 6.54 Å². The van der Waals surface area contributed by atoms with E-state index in [-0.39, 0.29) is 47.8 Å². The molecule has 0 saturated carbocycles. The van der Waals surface area contributed by atoms with E-state index in [2.05, 4.69) is 20.8 Å². The van der Waals surface area contributed by atoms with Crippen LogP contribution in [0.4, 0.5) is 0 Å². The largest absolute Gasteiger partial charge is 0.347 e. The first-order valence-corrected chi connectivity index (χ1v) is 12.6. The van der Waals surface area contributed by atoms with E-state index in [1.54, 1.807) is 25.1 Å². The van der Waals surface area contributed by atoms with E-state index >= 15 is 0 Å². The molecule has 2 aromatic carbocycles. The molecule has 4 rings (SSSR count). The summed E-state index contributed by atoms with van der Waals surface area (Å²) in [5.41, 5.74) is 1.13. The zero-order valence-corrected chi connectivity index (χ0v) is 21.6. The molecule has 9 heteroatoms. The van der Waals surface area contributed by atoms with E-state index in [4.69, 9.17) is 0 Å². The Balaban J connectivity index is 1.38. The van der Waals surface area contributed by atoms with Gasteiger partial charge in [-0.05, 0) is 61.6 Å². The topological polar surface area (TPSA) is 124 Å². The maximum atomic E-state index is 13.1. The normalized spacial score (nSPS) is 15.6. The molecule has 3 atom stereocenters. The molecule has 0 bridgehead atoms. The number of carbonyl (C=O) groups is 3. The first kappa shape index (κ1) is 26.2. The molecule has 1 aliphatic heterocycles. The van der Waals surface area contributed by atoms with Crippen LogP contribution < -0.4 is 16.2 Å². The number of hydrogen-bond donors (Lipinski definition) is 3. The average molecular weight is 504 g/mol. The standard InChI is InChI=1S/C28H33N5O4/c1-16(2)13-24(26(35)30-18(4)23-9-10-25(34)32-31-23)29-17(3)11-12-33-27(36)21-14-19-7-5-6-8-20(19)15-22(21)28(33)37/h5-10,14-18,24,29H,11-13H2,1-4H3,(H,30,35)(H,32,34)/t17-,18?,24+/m1/s1. The van der Waals surface area contributed by atoms with Gasteiger partial charge in [-0.2, -0.15) is 5.10 Å². The van der Waals surface area contributed by atoms with Crippen LogP contribution in [0.5, 0.6) is 0 Å². The van der Waals surface area contributed by atoms with Crippen molar-refractivity contribution in [3.05, 3.63) is 75.7 Å². The Bertz CT molecular complexity index is 1310. The number of nitrogens with one attached hydrogen (secondary N) is 3. The lowest BCUT2D eigenvalue weighted by Gasteiger charge is -2.26. The fraction of sp³-hybridized carbons (Fsp3) is 0.393. The lowest BCUT2D eigenvalue weighted by molar-refractivity contribution is -0.124. The summed E-state index contributed by atoms with van der Waals surface area (Å²) in [6, 6.07) is 13.2. The molecule has 0 radical (unpaired) electrons. The summed E-state index contributed by atoms with van der Waals surface area (Å²) in [6.07, 6.45) is 1.12. The summed E-state index contributed by atoms with van der Waals surface area (Å²) in [6.45, 7) is 8.09. The number of nitrogens with zero attached hydrogens (tertiary/aromatic N) is 2. The minimum absolute atomic E-state index is 0.126. The minimum Gasteiger partial charge on any atom is -0.347 e. The van der Waals surface area contributed by atoms with Gasteiger partial charge in [0.05, 0.1) is 28.9 Å². The van der Waals surface area contributed by atoms with Crippen LogP contribution in [0.2, 0.25) is 0 Å². The highest BCUT2D eigenvalue weighted by Crippen LogP contribution is 2.28. The number of imide groups is 1. The first-order valence-electron chi connectivity index (χ1n) is 12.6. The van der Waals surface area contributed by atoms with Crippen molar-refractivity contribution in [1.29, 1.82) is 0 Å². The number of H-pyrrole nitrogens is 1. The zero-order chi connectivity index (χ0) is 26.7. The maximum Gasteiger partial charge on any atom is 0.264 e. The Morgan fingerprint density at radius 2 is 1.57 bits per heavy atom. The van der Waals surface area contributed by atoms with E-state index in [1.165, 1.54) is 11.0 Å². The second-order valence-electron chi connectivity index (χ2n) is 10.1. The quantitative estimate of drug-likeness (QED) is 0.365. The number of rotatable bonds is 10. The average Bonchev–Trinajstić information content (AvgIpc) is 3.09. The van der Waals surface area contributed by atoms with Crippen LogP contribution in [0.15, 0.2) is 53.3 Å². The zero-order valence-electron chi connectivity index (χ0n) is 21.6. The number of fused-ring (bicyclic) bond motifs is 2. The summed E-state index contributed by atoms with van der Waals surface area (Å²) in [5.74, 6) is -0.468. The molecule has 3 N–H and O–H groups in total. The van der Waals surface area contributed by atoms with Crippen LogP contribution in [-0.4, -0.2) is 51.4 Å². The Hall–Kier alpha value is -3.85. The van der Waals surface area contributed by atoms with E-state index in [1.807, 2.05) is 45.0 Å². The number of benzene rings is 2. The molecule has 1 unspecified atom stereocenters. The molecular weight excluding hydrogens is 470 g/mol. The number of hydrogen-bond acceptors (Lipinski definition) is 6. The van der Waals surface area contributed by atoms with Crippen molar-refractivity contribution in [1.82, 2.24) is 25.7 Å². The lowest BCUT2D eigenvalue weighted by atomic mass is 10.0. The summed E-state index contributed by atoms with van der Waals surface area (Å²) >= 11 is 0. The Morgan fingerprint density at radius 3 is 2.11 bits per heavy atom. The van der Waals surface area contributed by atoms with Gasteiger partial charge in [-0.25, -0.2) is 5.10 Å².